The normalized spacial score (nSPS) is 13.6. The van der Waals surface area contributed by atoms with Crippen LogP contribution in [0.5, 0.6) is 0 Å². The van der Waals surface area contributed by atoms with Gasteiger partial charge in [0.05, 0.1) is 33.8 Å². The van der Waals surface area contributed by atoms with Crippen molar-refractivity contribution in [1.82, 2.24) is 5.32 Å². The monoisotopic (exact) mass is 1210 g/mol. The number of rotatable bonds is 69. The predicted molar refractivity (Wildman–Crippen MR) is 365 cm³/mol. The molecular weight excluding hydrogens is 1060 g/mol. The standard InChI is InChI=1S/C74H145N2O7P/c1-7-10-13-16-19-22-25-28-30-32-34-35-36-37-38-39-40-41-43-45-47-49-52-55-58-61-64-67-74(78)83-72(65-62-59-56-53-50-27-24-21-18-15-12-9-3)71(70-82-84(79,80)81-69-68-76(4,5)6)75-73(77)66-63-60-57-54-51-48-46-44-42-33-31-29-26-23-20-17-14-11-8-2/h29,31,62,65,71-72H,7-28,30,32-61,63-64,66-70H2,1-6H3,(H-,75,77,79,80)/p+1/b31-29+,65-62-. The summed E-state index contributed by atoms with van der Waals surface area (Å²) < 4.78 is 30.9. The highest BCUT2D eigenvalue weighted by molar-refractivity contribution is 7.47. The molecule has 2 N–H and O–H groups in total. The topological polar surface area (TPSA) is 111 Å². The Bertz CT molecular complexity index is 1480. The molecule has 10 heteroatoms. The SMILES string of the molecule is CCCCCCCC/C=C/CCCCCCCCCCCC(=O)NC(COP(=O)(O)OCC[N+](C)(C)C)C(/C=C\CCCCCCCCCCCC)OC(=O)CCCCCCCCCCCCCCCCCCCCCCCCCCCCC. The molecule has 0 aromatic carbocycles. The third kappa shape index (κ3) is 64.9. The summed E-state index contributed by atoms with van der Waals surface area (Å²) in [5.74, 6) is -0.484. The Morgan fingerprint density at radius 2 is 0.690 bits per heavy atom. The van der Waals surface area contributed by atoms with Crippen molar-refractivity contribution >= 4 is 19.7 Å². The second-order valence-corrected chi connectivity index (χ2v) is 28.3. The number of phosphoric ester groups is 1. The first-order valence-corrected chi connectivity index (χ1v) is 38.7. The summed E-state index contributed by atoms with van der Waals surface area (Å²) in [4.78, 5) is 37.9. The van der Waals surface area contributed by atoms with Gasteiger partial charge in [0.1, 0.15) is 19.3 Å². The van der Waals surface area contributed by atoms with Gasteiger partial charge in [-0.05, 0) is 57.4 Å². The van der Waals surface area contributed by atoms with Crippen LogP contribution in [0.15, 0.2) is 24.3 Å². The molecule has 0 aromatic rings. The third-order valence-corrected chi connectivity index (χ3v) is 18.1. The average molecular weight is 1210 g/mol. The van der Waals surface area contributed by atoms with Crippen molar-refractivity contribution in [3.05, 3.63) is 24.3 Å². The van der Waals surface area contributed by atoms with Gasteiger partial charge < -0.3 is 19.4 Å². The van der Waals surface area contributed by atoms with E-state index in [1.54, 1.807) is 0 Å². The van der Waals surface area contributed by atoms with Gasteiger partial charge in [-0.25, -0.2) is 4.57 Å². The average Bonchev–Trinajstić information content (AvgIpc) is 3.64. The fourth-order valence-electron chi connectivity index (χ4n) is 11.4. The first-order chi connectivity index (χ1) is 40.9. The van der Waals surface area contributed by atoms with Crippen molar-refractivity contribution < 1.29 is 37.3 Å². The van der Waals surface area contributed by atoms with E-state index in [-0.39, 0.29) is 25.1 Å². The molecule has 0 heterocycles. The number of hydrogen-bond donors (Lipinski definition) is 2. The number of allylic oxidation sites excluding steroid dienone is 3. The number of carbonyl (C=O) groups excluding carboxylic acids is 2. The molecule has 498 valence electrons. The van der Waals surface area contributed by atoms with Gasteiger partial charge in [-0.1, -0.05) is 341 Å². The first kappa shape index (κ1) is 82.5. The smallest absolute Gasteiger partial charge is 0.456 e. The van der Waals surface area contributed by atoms with Crippen molar-refractivity contribution in [3.8, 4) is 0 Å². The molecule has 0 spiro atoms. The third-order valence-electron chi connectivity index (χ3n) is 17.1. The maximum absolute atomic E-state index is 13.6. The Kier molecular flexibility index (Phi) is 63.3. The predicted octanol–water partition coefficient (Wildman–Crippen LogP) is 23.6. The molecule has 84 heavy (non-hydrogen) atoms. The number of nitrogens with one attached hydrogen (secondary N) is 1. The summed E-state index contributed by atoms with van der Waals surface area (Å²) in [6.07, 6.45) is 79.2. The van der Waals surface area contributed by atoms with Crippen LogP contribution in [0, 0.1) is 0 Å². The molecular formula is C74H146N2O7P+. The molecule has 0 rings (SSSR count). The Balaban J connectivity index is 4.95. The zero-order valence-electron chi connectivity index (χ0n) is 57.2. The molecule has 9 nitrogen and oxygen atoms in total. The molecule has 0 saturated heterocycles. The number of ether oxygens (including phenoxy) is 1. The highest BCUT2D eigenvalue weighted by atomic mass is 31.2. The van der Waals surface area contributed by atoms with Crippen LogP contribution in [0.3, 0.4) is 0 Å². The molecule has 0 aliphatic rings. The number of carbonyl (C=O) groups is 2. The second kappa shape index (κ2) is 64.5. The quantitative estimate of drug-likeness (QED) is 0.0205. The first-order valence-electron chi connectivity index (χ1n) is 37.2. The molecule has 0 bridgehead atoms. The number of esters is 1. The number of unbranched alkanes of at least 4 members (excludes halogenated alkanes) is 51. The lowest BCUT2D eigenvalue weighted by Gasteiger charge is -2.27. The molecule has 1 amide bonds. The summed E-state index contributed by atoms with van der Waals surface area (Å²) >= 11 is 0. The van der Waals surface area contributed by atoms with E-state index in [9.17, 15) is 19.0 Å². The van der Waals surface area contributed by atoms with Crippen LogP contribution in [-0.2, 0) is 27.9 Å². The van der Waals surface area contributed by atoms with Gasteiger partial charge in [-0.3, -0.25) is 18.6 Å². The van der Waals surface area contributed by atoms with Crippen LogP contribution >= 0.6 is 7.82 Å². The highest BCUT2D eigenvalue weighted by Crippen LogP contribution is 2.43. The van der Waals surface area contributed by atoms with Gasteiger partial charge in [0, 0.05) is 12.8 Å². The zero-order valence-corrected chi connectivity index (χ0v) is 58.1. The van der Waals surface area contributed by atoms with E-state index < -0.39 is 20.0 Å². The fourth-order valence-corrected chi connectivity index (χ4v) is 12.1. The van der Waals surface area contributed by atoms with Crippen LogP contribution in [0.4, 0.5) is 0 Å². The fraction of sp³-hybridized carbons (Fsp3) is 0.919. The zero-order chi connectivity index (χ0) is 61.4. The molecule has 0 aromatic heterocycles. The molecule has 0 aliphatic carbocycles. The summed E-state index contributed by atoms with van der Waals surface area (Å²) in [6.45, 7) is 7.08. The van der Waals surface area contributed by atoms with Crippen LogP contribution in [0.25, 0.3) is 0 Å². The lowest BCUT2D eigenvalue weighted by atomic mass is 10.0. The summed E-state index contributed by atoms with van der Waals surface area (Å²) in [7, 11) is 1.52. The molecule has 0 fully saturated rings. The minimum absolute atomic E-state index is 0.0438. The molecule has 0 radical (unpaired) electrons. The number of phosphoric acid groups is 1. The summed E-state index contributed by atoms with van der Waals surface area (Å²) in [5, 5.41) is 3.08. The Morgan fingerprint density at radius 3 is 1.01 bits per heavy atom. The Morgan fingerprint density at radius 1 is 0.405 bits per heavy atom. The van der Waals surface area contributed by atoms with Crippen molar-refractivity contribution in [3.63, 3.8) is 0 Å². The van der Waals surface area contributed by atoms with E-state index in [1.165, 1.54) is 295 Å². The van der Waals surface area contributed by atoms with E-state index in [2.05, 4.69) is 44.3 Å². The van der Waals surface area contributed by atoms with Gasteiger partial charge in [-0.15, -0.1) is 0 Å². The minimum atomic E-state index is -4.45. The van der Waals surface area contributed by atoms with Gasteiger partial charge in [0.25, 0.3) is 0 Å². The van der Waals surface area contributed by atoms with Crippen LogP contribution in [0.2, 0.25) is 0 Å². The summed E-state index contributed by atoms with van der Waals surface area (Å²) in [6, 6.07) is -0.845. The molecule has 3 unspecified atom stereocenters. The Labute approximate surface area is 524 Å². The molecule has 3 atom stereocenters. The van der Waals surface area contributed by atoms with Crippen molar-refractivity contribution in [2.24, 2.45) is 0 Å². The second-order valence-electron chi connectivity index (χ2n) is 26.8. The number of nitrogens with zero attached hydrogens (tertiary/aromatic N) is 1. The van der Waals surface area contributed by atoms with Gasteiger partial charge in [0.2, 0.25) is 5.91 Å². The number of likely N-dealkylation sites (N-methyl/N-ethyl adjacent to an activating group) is 1. The van der Waals surface area contributed by atoms with Crippen LogP contribution < -0.4 is 5.32 Å². The number of hydrogen-bond acceptors (Lipinski definition) is 6. The lowest BCUT2D eigenvalue weighted by molar-refractivity contribution is -0.870. The van der Waals surface area contributed by atoms with E-state index in [4.69, 9.17) is 13.8 Å². The van der Waals surface area contributed by atoms with E-state index in [1.807, 2.05) is 27.2 Å². The van der Waals surface area contributed by atoms with Gasteiger partial charge >= 0.3 is 13.8 Å². The van der Waals surface area contributed by atoms with Crippen molar-refractivity contribution in [1.29, 1.82) is 0 Å². The van der Waals surface area contributed by atoms with Crippen molar-refractivity contribution in [2.75, 3.05) is 40.9 Å². The van der Waals surface area contributed by atoms with Crippen LogP contribution in [0.1, 0.15) is 387 Å². The van der Waals surface area contributed by atoms with Crippen molar-refractivity contribution in [2.45, 2.75) is 399 Å². The summed E-state index contributed by atoms with van der Waals surface area (Å²) in [5.41, 5.74) is 0. The van der Waals surface area contributed by atoms with Gasteiger partial charge in [0.15, 0.2) is 0 Å². The molecule has 0 aliphatic heterocycles. The maximum atomic E-state index is 13.6. The van der Waals surface area contributed by atoms with E-state index in [0.717, 1.165) is 57.8 Å². The maximum Gasteiger partial charge on any atom is 0.472 e. The highest BCUT2D eigenvalue weighted by Gasteiger charge is 2.30. The van der Waals surface area contributed by atoms with E-state index >= 15 is 0 Å². The minimum Gasteiger partial charge on any atom is -0.456 e. The van der Waals surface area contributed by atoms with E-state index in [0.29, 0.717) is 23.9 Å². The number of quaternary nitrogens is 1. The lowest BCUT2D eigenvalue weighted by Crippen LogP contribution is -2.47. The largest absolute Gasteiger partial charge is 0.472 e. The number of amides is 1. The van der Waals surface area contributed by atoms with Crippen LogP contribution in [-0.4, -0.2) is 74.3 Å². The molecule has 0 saturated carbocycles. The van der Waals surface area contributed by atoms with Gasteiger partial charge in [-0.2, -0.15) is 0 Å². The Hall–Kier alpha value is -1.51.